The highest BCUT2D eigenvalue weighted by atomic mass is 32.2. The number of carbonyl (C=O) groups is 3. The Bertz CT molecular complexity index is 593. The lowest BCUT2D eigenvalue weighted by molar-refractivity contribution is -0.123. The number of benzene rings is 1. The van der Waals surface area contributed by atoms with E-state index in [1.807, 2.05) is 44.2 Å². The van der Waals surface area contributed by atoms with Crippen molar-refractivity contribution >= 4 is 28.8 Å². The van der Waals surface area contributed by atoms with E-state index in [0.717, 1.165) is 17.3 Å². The zero-order valence-corrected chi connectivity index (χ0v) is 16.3. The first-order valence-corrected chi connectivity index (χ1v) is 9.20. The Kier molecular flexibility index (Phi) is 8.16. The molecule has 1 aromatic rings. The average molecular weight is 365 g/mol. The number of alkyl carbamates (subject to hydrolysis) is 1. The van der Waals surface area contributed by atoms with Crippen molar-refractivity contribution in [3.8, 4) is 0 Å². The van der Waals surface area contributed by atoms with E-state index in [1.54, 1.807) is 20.8 Å². The van der Waals surface area contributed by atoms with E-state index in [0.29, 0.717) is 0 Å². The lowest BCUT2D eigenvalue weighted by Gasteiger charge is -2.23. The lowest BCUT2D eigenvalue weighted by Crippen LogP contribution is -2.36. The second kappa shape index (κ2) is 9.61. The van der Waals surface area contributed by atoms with E-state index in [2.05, 4.69) is 5.32 Å². The number of hydrogen-bond acceptors (Lipinski definition) is 5. The number of ether oxygens (including phenoxy) is 1. The van der Waals surface area contributed by atoms with Crippen LogP contribution in [-0.2, 0) is 14.3 Å². The fourth-order valence-electron chi connectivity index (χ4n) is 2.15. The zero-order chi connectivity index (χ0) is 19.0. The van der Waals surface area contributed by atoms with Gasteiger partial charge in [0.25, 0.3) is 0 Å². The molecule has 1 aromatic carbocycles. The molecular formula is C19H27NO4S. The number of hydrogen-bond donors (Lipinski definition) is 1. The zero-order valence-electron chi connectivity index (χ0n) is 15.5. The summed E-state index contributed by atoms with van der Waals surface area (Å²) in [6, 6.07) is 8.67. The highest BCUT2D eigenvalue weighted by Crippen LogP contribution is 2.21. The molecule has 0 fully saturated rings. The lowest BCUT2D eigenvalue weighted by atomic mass is 10.0. The monoisotopic (exact) mass is 365 g/mol. The van der Waals surface area contributed by atoms with Crippen molar-refractivity contribution in [2.75, 3.05) is 0 Å². The van der Waals surface area contributed by atoms with Gasteiger partial charge in [-0.25, -0.2) is 4.79 Å². The van der Waals surface area contributed by atoms with Crippen LogP contribution in [0.3, 0.4) is 0 Å². The summed E-state index contributed by atoms with van der Waals surface area (Å²) in [4.78, 5) is 36.2. The first-order chi connectivity index (χ1) is 11.6. The second-order valence-corrected chi connectivity index (χ2v) is 8.70. The summed E-state index contributed by atoms with van der Waals surface area (Å²) >= 11 is 1.16. The van der Waals surface area contributed by atoms with Crippen molar-refractivity contribution in [2.45, 2.75) is 64.4 Å². The Balaban J connectivity index is 2.77. The van der Waals surface area contributed by atoms with E-state index < -0.39 is 17.7 Å². The third-order valence-corrected chi connectivity index (χ3v) is 3.91. The van der Waals surface area contributed by atoms with Crippen molar-refractivity contribution < 1.29 is 19.1 Å². The average Bonchev–Trinajstić information content (AvgIpc) is 2.44. The molecule has 0 saturated carbocycles. The largest absolute Gasteiger partial charge is 0.444 e. The third-order valence-electron chi connectivity index (χ3n) is 3.03. The minimum absolute atomic E-state index is 0.0493. The van der Waals surface area contributed by atoms with Crippen LogP contribution >= 0.6 is 11.8 Å². The number of ketones is 1. The van der Waals surface area contributed by atoms with Crippen molar-refractivity contribution in [3.05, 3.63) is 35.9 Å². The van der Waals surface area contributed by atoms with Gasteiger partial charge in [-0.2, -0.15) is 0 Å². The Morgan fingerprint density at radius 2 is 1.72 bits per heavy atom. The molecule has 0 spiro atoms. The van der Waals surface area contributed by atoms with Crippen molar-refractivity contribution in [1.82, 2.24) is 5.32 Å². The molecule has 0 aromatic heterocycles. The summed E-state index contributed by atoms with van der Waals surface area (Å²) in [6.45, 7) is 9.14. The normalized spacial score (nSPS) is 12.6. The molecule has 0 heterocycles. The predicted octanol–water partition coefficient (Wildman–Crippen LogP) is 4.27. The van der Waals surface area contributed by atoms with E-state index in [1.165, 1.54) is 0 Å². The van der Waals surface area contributed by atoms with Crippen LogP contribution in [0.25, 0.3) is 0 Å². The quantitative estimate of drug-likeness (QED) is 0.731. The molecule has 0 aliphatic carbocycles. The molecule has 1 amide bonds. The molecule has 0 radical (unpaired) electrons. The number of rotatable bonds is 7. The molecule has 25 heavy (non-hydrogen) atoms. The highest BCUT2D eigenvalue weighted by Gasteiger charge is 2.23. The van der Waals surface area contributed by atoms with Crippen molar-refractivity contribution in [3.63, 3.8) is 0 Å². The number of Topliss-reactive ketones (excluding diaryl/α,β-unsaturated/α-hetero) is 1. The molecule has 0 aliphatic rings. The van der Waals surface area contributed by atoms with Gasteiger partial charge in [0, 0.05) is 11.7 Å². The van der Waals surface area contributed by atoms with Gasteiger partial charge in [0.2, 0.25) is 0 Å². The molecule has 6 heteroatoms. The smallest absolute Gasteiger partial charge is 0.408 e. The Labute approximate surface area is 153 Å². The van der Waals surface area contributed by atoms with Crippen LogP contribution in [0, 0.1) is 0 Å². The molecule has 138 valence electrons. The van der Waals surface area contributed by atoms with Crippen LogP contribution in [0.15, 0.2) is 30.3 Å². The molecule has 0 saturated heterocycles. The fraction of sp³-hybridized carbons (Fsp3) is 0.526. The minimum atomic E-state index is -0.626. The Morgan fingerprint density at radius 1 is 1.12 bits per heavy atom. The van der Waals surface area contributed by atoms with Crippen LogP contribution in [0.1, 0.15) is 59.1 Å². The summed E-state index contributed by atoms with van der Waals surface area (Å²) in [5.41, 5.74) is 0.171. The maximum atomic E-state index is 12.3. The number of carbonyl (C=O) groups excluding carboxylic acids is 3. The van der Waals surface area contributed by atoms with E-state index in [4.69, 9.17) is 4.74 Å². The van der Waals surface area contributed by atoms with E-state index in [-0.39, 0.29) is 29.0 Å². The molecule has 0 bridgehead atoms. The number of amides is 1. The molecule has 1 N–H and O–H groups in total. The van der Waals surface area contributed by atoms with Crippen LogP contribution in [0.4, 0.5) is 4.79 Å². The second-order valence-electron chi connectivity index (χ2n) is 7.07. The SMILES string of the molecule is CC(C)SC(=O)CC(=O)C[C@@H](NC(=O)OC(C)(C)C)c1ccccc1. The van der Waals surface area contributed by atoms with E-state index >= 15 is 0 Å². The summed E-state index contributed by atoms with van der Waals surface area (Å²) < 4.78 is 5.27. The van der Waals surface area contributed by atoms with Gasteiger partial charge in [0.05, 0.1) is 12.5 Å². The molecule has 1 rings (SSSR count). The van der Waals surface area contributed by atoms with Gasteiger partial charge in [-0.3, -0.25) is 9.59 Å². The first kappa shape index (κ1) is 21.2. The van der Waals surface area contributed by atoms with E-state index in [9.17, 15) is 14.4 Å². The summed E-state index contributed by atoms with van der Waals surface area (Å²) in [5, 5.41) is 2.73. The minimum Gasteiger partial charge on any atom is -0.444 e. The number of thioether (sulfide) groups is 1. The number of nitrogens with one attached hydrogen (secondary N) is 1. The maximum absolute atomic E-state index is 12.3. The molecule has 5 nitrogen and oxygen atoms in total. The Hall–Kier alpha value is -1.82. The van der Waals surface area contributed by atoms with Gasteiger partial charge >= 0.3 is 6.09 Å². The third kappa shape index (κ3) is 9.29. The van der Waals surface area contributed by atoms with Gasteiger partial charge in [-0.1, -0.05) is 55.9 Å². The standard InChI is InChI=1S/C19H27NO4S/c1-13(2)25-17(22)12-15(21)11-16(14-9-7-6-8-10-14)20-18(23)24-19(3,4)5/h6-10,13,16H,11-12H2,1-5H3,(H,20,23)/t16-/m1/s1. The van der Waals surface area contributed by atoms with Crippen molar-refractivity contribution in [2.24, 2.45) is 0 Å². The Morgan fingerprint density at radius 3 is 2.24 bits per heavy atom. The van der Waals surface area contributed by atoms with Gasteiger partial charge in [-0.05, 0) is 26.3 Å². The maximum Gasteiger partial charge on any atom is 0.408 e. The van der Waals surface area contributed by atoms with Gasteiger partial charge in [-0.15, -0.1) is 0 Å². The molecule has 1 atom stereocenters. The van der Waals surface area contributed by atoms with Crippen LogP contribution in [-0.4, -0.2) is 27.8 Å². The van der Waals surface area contributed by atoms with Crippen LogP contribution < -0.4 is 5.32 Å². The molecule has 0 unspecified atom stereocenters. The van der Waals surface area contributed by atoms with Gasteiger partial charge < -0.3 is 10.1 Å². The summed E-state index contributed by atoms with van der Waals surface area (Å²) in [5.74, 6) is -0.205. The van der Waals surface area contributed by atoms with Crippen LogP contribution in [0.5, 0.6) is 0 Å². The fourth-order valence-corrected chi connectivity index (χ4v) is 2.92. The van der Waals surface area contributed by atoms with Gasteiger partial charge in [0.15, 0.2) is 5.12 Å². The van der Waals surface area contributed by atoms with Crippen LogP contribution in [0.2, 0.25) is 0 Å². The summed E-state index contributed by atoms with van der Waals surface area (Å²) in [6.07, 6.45) is -0.674. The first-order valence-electron chi connectivity index (χ1n) is 8.32. The van der Waals surface area contributed by atoms with Gasteiger partial charge in [0.1, 0.15) is 11.4 Å². The summed E-state index contributed by atoms with van der Waals surface area (Å²) in [7, 11) is 0. The molecule has 0 aliphatic heterocycles. The predicted molar refractivity (Wildman–Crippen MR) is 101 cm³/mol. The highest BCUT2D eigenvalue weighted by molar-refractivity contribution is 8.14. The topological polar surface area (TPSA) is 72.5 Å². The van der Waals surface area contributed by atoms with Crippen molar-refractivity contribution in [1.29, 1.82) is 0 Å². The molecular weight excluding hydrogens is 338 g/mol.